The van der Waals surface area contributed by atoms with Crippen LogP contribution < -0.4 is 10.6 Å². The van der Waals surface area contributed by atoms with Crippen LogP contribution in [-0.2, 0) is 4.79 Å². The number of hydrogen-bond donors (Lipinski definition) is 2. The number of amides is 1. The Labute approximate surface area is 125 Å². The highest BCUT2D eigenvalue weighted by molar-refractivity contribution is 5.93. The molecule has 3 aliphatic rings. The standard InChI is InChI=1S/C16H22N4O/c1-3-20(4-2)16(21)14-9-11(10-19-14)12-5-7-17-15-13(12)6-8-18-15/h5-9,11-13,19H,3-4,10H2,1-2H3,(H,17,18). The summed E-state index contributed by atoms with van der Waals surface area (Å²) in [7, 11) is 0. The maximum atomic E-state index is 12.4. The normalized spacial score (nSPS) is 29.3. The van der Waals surface area contributed by atoms with Crippen LogP contribution in [0.15, 0.2) is 41.3 Å². The van der Waals surface area contributed by atoms with E-state index >= 15 is 0 Å². The number of likely N-dealkylation sites (N-methyl/N-ethyl adjacent to an activating group) is 1. The van der Waals surface area contributed by atoms with Gasteiger partial charge in [-0.2, -0.15) is 0 Å². The Bertz CT molecular complexity index is 542. The second-order valence-corrected chi connectivity index (χ2v) is 5.56. The van der Waals surface area contributed by atoms with Gasteiger partial charge < -0.3 is 15.5 Å². The Morgan fingerprint density at radius 1 is 1.38 bits per heavy atom. The third-order valence-corrected chi connectivity index (χ3v) is 4.47. The van der Waals surface area contributed by atoms with Gasteiger partial charge in [-0.3, -0.25) is 4.79 Å². The number of fused-ring (bicyclic) bond motifs is 1. The summed E-state index contributed by atoms with van der Waals surface area (Å²) in [5.74, 6) is 2.12. The number of nitrogens with one attached hydrogen (secondary N) is 2. The minimum atomic E-state index is 0.108. The fraction of sp³-hybridized carbons (Fsp3) is 0.500. The van der Waals surface area contributed by atoms with Crippen LogP contribution in [0.3, 0.4) is 0 Å². The van der Waals surface area contributed by atoms with Gasteiger partial charge in [-0.15, -0.1) is 0 Å². The van der Waals surface area contributed by atoms with Crippen molar-refractivity contribution < 1.29 is 4.79 Å². The predicted molar refractivity (Wildman–Crippen MR) is 83.3 cm³/mol. The fourth-order valence-corrected chi connectivity index (χ4v) is 3.25. The zero-order valence-electron chi connectivity index (χ0n) is 12.5. The van der Waals surface area contributed by atoms with Gasteiger partial charge in [0.2, 0.25) is 0 Å². The molecule has 3 aliphatic heterocycles. The van der Waals surface area contributed by atoms with E-state index in [-0.39, 0.29) is 5.91 Å². The minimum absolute atomic E-state index is 0.108. The van der Waals surface area contributed by atoms with E-state index in [0.717, 1.165) is 31.2 Å². The number of hydrogen-bond acceptors (Lipinski definition) is 4. The van der Waals surface area contributed by atoms with Crippen LogP contribution >= 0.6 is 0 Å². The summed E-state index contributed by atoms with van der Waals surface area (Å²) in [4.78, 5) is 18.6. The van der Waals surface area contributed by atoms with Crippen LogP contribution in [0.2, 0.25) is 0 Å². The maximum Gasteiger partial charge on any atom is 0.269 e. The highest BCUT2D eigenvalue weighted by Gasteiger charge is 2.35. The lowest BCUT2D eigenvalue weighted by atomic mass is 9.80. The van der Waals surface area contributed by atoms with Gasteiger partial charge in [0.1, 0.15) is 5.84 Å². The summed E-state index contributed by atoms with van der Waals surface area (Å²) < 4.78 is 0. The molecule has 0 saturated carbocycles. The largest absolute Gasteiger partial charge is 0.380 e. The van der Waals surface area contributed by atoms with Gasteiger partial charge in [-0.05, 0) is 26.0 Å². The zero-order chi connectivity index (χ0) is 14.8. The van der Waals surface area contributed by atoms with Crippen molar-refractivity contribution in [2.24, 2.45) is 22.7 Å². The molecule has 1 amide bonds. The van der Waals surface area contributed by atoms with Crippen molar-refractivity contribution in [2.75, 3.05) is 19.6 Å². The molecular weight excluding hydrogens is 264 g/mol. The van der Waals surface area contributed by atoms with Crippen molar-refractivity contribution >= 4 is 11.7 Å². The van der Waals surface area contributed by atoms with Gasteiger partial charge in [-0.1, -0.05) is 18.2 Å². The topological polar surface area (TPSA) is 56.7 Å². The molecule has 0 aromatic heterocycles. The van der Waals surface area contributed by atoms with Gasteiger partial charge in [0.15, 0.2) is 0 Å². The molecule has 3 unspecified atom stereocenters. The van der Waals surface area contributed by atoms with E-state index < -0.39 is 0 Å². The minimum Gasteiger partial charge on any atom is -0.380 e. The lowest BCUT2D eigenvalue weighted by Crippen LogP contribution is -2.37. The first-order valence-electron chi connectivity index (χ1n) is 7.67. The number of nitrogens with zero attached hydrogens (tertiary/aromatic N) is 2. The Hall–Kier alpha value is -2.04. The van der Waals surface area contributed by atoms with E-state index in [4.69, 9.17) is 0 Å². The summed E-state index contributed by atoms with van der Waals surface area (Å²) in [6.07, 6.45) is 10.2. The van der Waals surface area contributed by atoms with E-state index in [2.05, 4.69) is 33.9 Å². The number of aliphatic imine (C=N–C) groups is 1. The molecule has 3 atom stereocenters. The highest BCUT2D eigenvalue weighted by atomic mass is 16.2. The van der Waals surface area contributed by atoms with Gasteiger partial charge in [-0.25, -0.2) is 4.99 Å². The van der Waals surface area contributed by atoms with E-state index in [1.807, 2.05) is 31.1 Å². The van der Waals surface area contributed by atoms with Crippen molar-refractivity contribution in [2.45, 2.75) is 13.8 Å². The summed E-state index contributed by atoms with van der Waals surface area (Å²) in [5, 5.41) is 6.48. The van der Waals surface area contributed by atoms with Gasteiger partial charge in [0, 0.05) is 37.7 Å². The molecule has 3 rings (SSSR count). The maximum absolute atomic E-state index is 12.4. The van der Waals surface area contributed by atoms with E-state index in [1.54, 1.807) is 0 Å². The summed E-state index contributed by atoms with van der Waals surface area (Å²) >= 11 is 0. The summed E-state index contributed by atoms with van der Waals surface area (Å²) in [6, 6.07) is 0. The number of carbonyl (C=O) groups excluding carboxylic acids is 1. The molecule has 0 aromatic rings. The van der Waals surface area contributed by atoms with Crippen molar-refractivity contribution in [3.63, 3.8) is 0 Å². The average molecular weight is 286 g/mol. The molecule has 0 saturated heterocycles. The van der Waals surface area contributed by atoms with Crippen molar-refractivity contribution in [3.05, 3.63) is 36.3 Å². The molecule has 0 aliphatic carbocycles. The number of rotatable bonds is 4. The van der Waals surface area contributed by atoms with Crippen LogP contribution in [0.1, 0.15) is 13.8 Å². The van der Waals surface area contributed by atoms with E-state index in [1.165, 1.54) is 0 Å². The predicted octanol–water partition coefficient (Wildman–Crippen LogP) is 1.23. The lowest BCUT2D eigenvalue weighted by Gasteiger charge is -2.28. The molecular formula is C16H22N4O. The van der Waals surface area contributed by atoms with Crippen LogP contribution in [0.5, 0.6) is 0 Å². The molecule has 112 valence electrons. The SMILES string of the molecule is CCN(CC)C(=O)C1=CC(C2C=CNC3=NC=CC32)CN1. The van der Waals surface area contributed by atoms with Crippen LogP contribution in [0.4, 0.5) is 0 Å². The van der Waals surface area contributed by atoms with Crippen molar-refractivity contribution in [1.82, 2.24) is 15.5 Å². The lowest BCUT2D eigenvalue weighted by molar-refractivity contribution is -0.127. The average Bonchev–Trinajstić information content (AvgIpc) is 3.17. The monoisotopic (exact) mass is 286 g/mol. The van der Waals surface area contributed by atoms with Gasteiger partial charge in [0.25, 0.3) is 5.91 Å². The van der Waals surface area contributed by atoms with Crippen LogP contribution in [0.25, 0.3) is 0 Å². The van der Waals surface area contributed by atoms with Gasteiger partial charge >= 0.3 is 0 Å². The molecule has 0 spiro atoms. The summed E-state index contributed by atoms with van der Waals surface area (Å²) in [6.45, 7) is 6.32. The second kappa shape index (κ2) is 5.76. The van der Waals surface area contributed by atoms with Gasteiger partial charge in [0.05, 0.1) is 5.70 Å². The first-order valence-corrected chi connectivity index (χ1v) is 7.67. The summed E-state index contributed by atoms with van der Waals surface area (Å²) in [5.41, 5.74) is 0.746. The third-order valence-electron chi connectivity index (χ3n) is 4.47. The molecule has 3 heterocycles. The Morgan fingerprint density at radius 3 is 2.95 bits per heavy atom. The number of carbonyl (C=O) groups is 1. The van der Waals surface area contributed by atoms with E-state index in [9.17, 15) is 4.79 Å². The molecule has 5 heteroatoms. The third kappa shape index (κ3) is 2.48. The van der Waals surface area contributed by atoms with Crippen molar-refractivity contribution in [1.29, 1.82) is 0 Å². The highest BCUT2D eigenvalue weighted by Crippen LogP contribution is 2.33. The Morgan fingerprint density at radius 2 is 2.19 bits per heavy atom. The second-order valence-electron chi connectivity index (χ2n) is 5.56. The fourth-order valence-electron chi connectivity index (χ4n) is 3.25. The molecule has 21 heavy (non-hydrogen) atoms. The van der Waals surface area contributed by atoms with Crippen LogP contribution in [-0.4, -0.2) is 36.3 Å². The molecule has 5 nitrogen and oxygen atoms in total. The zero-order valence-corrected chi connectivity index (χ0v) is 12.5. The van der Waals surface area contributed by atoms with Crippen LogP contribution in [0, 0.1) is 17.8 Å². The number of amidine groups is 1. The molecule has 0 bridgehead atoms. The van der Waals surface area contributed by atoms with E-state index in [0.29, 0.717) is 17.8 Å². The molecule has 0 radical (unpaired) electrons. The molecule has 0 aromatic carbocycles. The molecule has 2 N–H and O–H groups in total. The Kier molecular flexibility index (Phi) is 3.82. The Balaban J connectivity index is 1.75. The van der Waals surface area contributed by atoms with Crippen molar-refractivity contribution in [3.8, 4) is 0 Å². The first kappa shape index (κ1) is 13.9. The molecule has 0 fully saturated rings. The smallest absolute Gasteiger partial charge is 0.269 e. The quantitative estimate of drug-likeness (QED) is 0.817. The number of allylic oxidation sites excluding steroid dienone is 1. The first-order chi connectivity index (χ1) is 10.2.